The monoisotopic (exact) mass is 649 g/mol. The molecule has 49 heavy (non-hydrogen) atoms. The Morgan fingerprint density at radius 3 is 2.04 bits per heavy atom. The molecule has 0 bridgehead atoms. The van der Waals surface area contributed by atoms with Crippen molar-refractivity contribution in [3.05, 3.63) is 151 Å². The van der Waals surface area contributed by atoms with E-state index < -0.39 is 0 Å². The van der Waals surface area contributed by atoms with Gasteiger partial charge in [-0.1, -0.05) is 113 Å². The third-order valence-electron chi connectivity index (χ3n) is 11.6. The van der Waals surface area contributed by atoms with Crippen molar-refractivity contribution in [2.45, 2.75) is 38.5 Å². The topological polar surface area (TPSA) is 16.4 Å². The number of furan rings is 1. The predicted molar refractivity (Wildman–Crippen MR) is 210 cm³/mol. The molecule has 9 aromatic rings. The fraction of sp³-hybridized carbons (Fsp3) is 0.130. The van der Waals surface area contributed by atoms with Crippen molar-refractivity contribution in [2.24, 2.45) is 0 Å². The van der Waals surface area contributed by atoms with E-state index >= 15 is 0 Å². The van der Waals surface area contributed by atoms with Crippen molar-refractivity contribution < 1.29 is 4.42 Å². The molecule has 2 nitrogen and oxygen atoms in total. The number of hydrogen-bond donors (Lipinski definition) is 0. The fourth-order valence-electron chi connectivity index (χ4n) is 8.36. The van der Waals surface area contributed by atoms with Crippen LogP contribution < -0.4 is 4.90 Å². The largest absolute Gasteiger partial charge is 0.456 e. The minimum absolute atomic E-state index is 0.106. The van der Waals surface area contributed by atoms with E-state index in [1.807, 2.05) is 23.5 Å². The van der Waals surface area contributed by atoms with Gasteiger partial charge in [-0.05, 0) is 86.8 Å². The summed E-state index contributed by atoms with van der Waals surface area (Å²) in [4.78, 5) is 2.37. The average Bonchev–Trinajstić information content (AvgIpc) is 3.70. The van der Waals surface area contributed by atoms with Crippen LogP contribution in [0, 0.1) is 0 Å². The highest BCUT2D eigenvalue weighted by Gasteiger charge is 2.47. The first kappa shape index (κ1) is 28.6. The van der Waals surface area contributed by atoms with Crippen LogP contribution in [-0.2, 0) is 10.8 Å². The molecule has 0 saturated carbocycles. The third kappa shape index (κ3) is 3.94. The Labute approximate surface area is 289 Å². The Morgan fingerprint density at radius 2 is 1.18 bits per heavy atom. The van der Waals surface area contributed by atoms with E-state index in [-0.39, 0.29) is 10.8 Å². The van der Waals surface area contributed by atoms with Gasteiger partial charge in [0.15, 0.2) is 0 Å². The summed E-state index contributed by atoms with van der Waals surface area (Å²) in [5, 5.41) is 7.63. The second-order valence-corrected chi connectivity index (χ2v) is 15.6. The summed E-state index contributed by atoms with van der Waals surface area (Å²) >= 11 is 1.94. The molecule has 10 rings (SSSR count). The SMILES string of the molecule is CC1(C)c2cc(N(c3ccccc3)c3ccc4c(c3)oc3ccccc34)ccc2-c2c(ccc3c2sc2ccc4ccccc4c23)C1(C)C. The normalized spacial score (nSPS) is 14.9. The van der Waals surface area contributed by atoms with Crippen LogP contribution in [0.5, 0.6) is 0 Å². The van der Waals surface area contributed by atoms with Crippen LogP contribution in [-0.4, -0.2) is 0 Å². The first-order valence-electron chi connectivity index (χ1n) is 17.1. The highest BCUT2D eigenvalue weighted by Crippen LogP contribution is 2.58. The highest BCUT2D eigenvalue weighted by molar-refractivity contribution is 7.26. The van der Waals surface area contributed by atoms with Gasteiger partial charge in [0, 0.05) is 59.6 Å². The maximum Gasteiger partial charge on any atom is 0.137 e. The van der Waals surface area contributed by atoms with Crippen molar-refractivity contribution >= 4 is 81.3 Å². The predicted octanol–water partition coefficient (Wildman–Crippen LogP) is 13.8. The Bertz CT molecular complexity index is 2780. The van der Waals surface area contributed by atoms with Crippen molar-refractivity contribution in [3.8, 4) is 11.1 Å². The van der Waals surface area contributed by atoms with Gasteiger partial charge in [0.05, 0.1) is 0 Å². The summed E-state index contributed by atoms with van der Waals surface area (Å²) in [5.74, 6) is 0. The van der Waals surface area contributed by atoms with Crippen molar-refractivity contribution in [2.75, 3.05) is 4.90 Å². The zero-order valence-corrected chi connectivity index (χ0v) is 28.9. The number of thiophene rings is 1. The summed E-state index contributed by atoms with van der Waals surface area (Å²) in [6, 6.07) is 51.0. The van der Waals surface area contributed by atoms with Gasteiger partial charge in [-0.15, -0.1) is 11.3 Å². The molecule has 2 aromatic heterocycles. The molecule has 3 heteroatoms. The first-order valence-corrected chi connectivity index (χ1v) is 17.9. The number of fused-ring (bicyclic) bond motifs is 12. The van der Waals surface area contributed by atoms with E-state index in [1.54, 1.807) is 0 Å². The molecule has 1 aliphatic carbocycles. The Kier molecular flexibility index (Phi) is 5.88. The number of para-hydroxylation sites is 2. The summed E-state index contributed by atoms with van der Waals surface area (Å²) in [6.07, 6.45) is 0. The van der Waals surface area contributed by atoms with Crippen LogP contribution in [0.25, 0.3) is 64.0 Å². The Hall–Kier alpha value is -5.38. The minimum atomic E-state index is -0.132. The summed E-state index contributed by atoms with van der Waals surface area (Å²) < 4.78 is 9.10. The van der Waals surface area contributed by atoms with E-state index in [4.69, 9.17) is 4.42 Å². The van der Waals surface area contributed by atoms with Gasteiger partial charge in [0.2, 0.25) is 0 Å². The quantitative estimate of drug-likeness (QED) is 0.189. The standard InChI is InChI=1S/C46H35NOS/c1-45(2)37-24-23-36-42-32-15-9-8-12-28(32)18-25-41(42)49-44(36)43(37)35-22-20-30(26-38(35)46(45,3)4)47(29-13-6-5-7-14-29)31-19-21-34-33-16-10-11-17-39(33)48-40(34)27-31/h5-27H,1-4H3. The molecule has 1 aliphatic rings. The van der Waals surface area contributed by atoms with Gasteiger partial charge in [-0.25, -0.2) is 0 Å². The van der Waals surface area contributed by atoms with Gasteiger partial charge in [0.1, 0.15) is 11.2 Å². The fourth-order valence-corrected chi connectivity index (χ4v) is 9.64. The number of anilines is 3. The first-order chi connectivity index (χ1) is 23.8. The molecule has 0 fully saturated rings. The average molecular weight is 650 g/mol. The molecule has 236 valence electrons. The molecule has 0 saturated heterocycles. The third-order valence-corrected chi connectivity index (χ3v) is 12.8. The molecule has 0 N–H and O–H groups in total. The van der Waals surface area contributed by atoms with Gasteiger partial charge < -0.3 is 9.32 Å². The van der Waals surface area contributed by atoms with Gasteiger partial charge in [-0.3, -0.25) is 0 Å². The van der Waals surface area contributed by atoms with Crippen molar-refractivity contribution in [3.63, 3.8) is 0 Å². The highest BCUT2D eigenvalue weighted by atomic mass is 32.1. The lowest BCUT2D eigenvalue weighted by molar-refractivity contribution is 0.299. The Morgan fingerprint density at radius 1 is 0.510 bits per heavy atom. The summed E-state index contributed by atoms with van der Waals surface area (Å²) in [5.41, 5.74) is 10.4. The lowest BCUT2D eigenvalue weighted by atomic mass is 9.55. The van der Waals surface area contributed by atoms with Gasteiger partial charge >= 0.3 is 0 Å². The molecule has 0 atom stereocenters. The maximum atomic E-state index is 6.37. The molecule has 0 unspecified atom stereocenters. The number of rotatable bonds is 3. The van der Waals surface area contributed by atoms with E-state index in [9.17, 15) is 0 Å². The zero-order valence-electron chi connectivity index (χ0n) is 28.0. The number of nitrogens with zero attached hydrogens (tertiary/aromatic N) is 1. The molecule has 7 aromatic carbocycles. The molecule has 2 heterocycles. The Balaban J connectivity index is 1.22. The zero-order chi connectivity index (χ0) is 33.1. The van der Waals surface area contributed by atoms with E-state index in [2.05, 4.69) is 160 Å². The number of benzene rings is 7. The van der Waals surface area contributed by atoms with Crippen LogP contribution in [0.4, 0.5) is 17.1 Å². The van der Waals surface area contributed by atoms with Crippen molar-refractivity contribution in [1.29, 1.82) is 0 Å². The maximum absolute atomic E-state index is 6.37. The second-order valence-electron chi connectivity index (χ2n) is 14.6. The van der Waals surface area contributed by atoms with Crippen LogP contribution in [0.3, 0.4) is 0 Å². The molecule has 0 amide bonds. The lowest BCUT2D eigenvalue weighted by Crippen LogP contribution is -2.43. The van der Waals surface area contributed by atoms with E-state index in [0.717, 1.165) is 39.0 Å². The summed E-state index contributed by atoms with van der Waals surface area (Å²) in [7, 11) is 0. The van der Waals surface area contributed by atoms with Crippen LogP contribution in [0.2, 0.25) is 0 Å². The number of hydrogen-bond acceptors (Lipinski definition) is 3. The van der Waals surface area contributed by atoms with Crippen LogP contribution >= 0.6 is 11.3 Å². The van der Waals surface area contributed by atoms with Gasteiger partial charge in [-0.2, -0.15) is 0 Å². The minimum Gasteiger partial charge on any atom is -0.456 e. The lowest BCUT2D eigenvalue weighted by Gasteiger charge is -2.48. The van der Waals surface area contributed by atoms with Crippen LogP contribution in [0.15, 0.2) is 144 Å². The smallest absolute Gasteiger partial charge is 0.137 e. The van der Waals surface area contributed by atoms with Gasteiger partial charge in [0.25, 0.3) is 0 Å². The molecular weight excluding hydrogens is 615 g/mol. The van der Waals surface area contributed by atoms with E-state index in [0.29, 0.717) is 0 Å². The molecule has 0 aliphatic heterocycles. The summed E-state index contributed by atoms with van der Waals surface area (Å²) in [6.45, 7) is 9.71. The second kappa shape index (κ2) is 10.1. The molecular formula is C46H35NOS. The van der Waals surface area contributed by atoms with Crippen molar-refractivity contribution in [1.82, 2.24) is 0 Å². The molecule has 0 spiro atoms. The van der Waals surface area contributed by atoms with E-state index in [1.165, 1.54) is 53.2 Å². The molecule has 0 radical (unpaired) electrons. The van der Waals surface area contributed by atoms with Crippen LogP contribution in [0.1, 0.15) is 38.8 Å².